The molecule has 1 aromatic rings. The minimum Gasteiger partial charge on any atom is -0.338 e. The summed E-state index contributed by atoms with van der Waals surface area (Å²) in [7, 11) is 1.79. The average molecular weight is 211 g/mol. The van der Waals surface area contributed by atoms with Crippen LogP contribution in [-0.2, 0) is 13.6 Å². The molecule has 0 aliphatic heterocycles. The van der Waals surface area contributed by atoms with Crippen LogP contribution in [0.1, 0.15) is 18.9 Å². The van der Waals surface area contributed by atoms with Gasteiger partial charge in [0.15, 0.2) is 5.82 Å². The summed E-state index contributed by atoms with van der Waals surface area (Å²) < 4.78 is 1.62. The van der Waals surface area contributed by atoms with Crippen LogP contribution in [0, 0.1) is 0 Å². The first-order valence-corrected chi connectivity index (χ1v) is 4.94. The first-order valence-electron chi connectivity index (χ1n) is 4.94. The second-order valence-corrected chi connectivity index (χ2v) is 3.26. The third kappa shape index (κ3) is 3.25. The van der Waals surface area contributed by atoms with Gasteiger partial charge in [-0.25, -0.2) is 4.79 Å². The van der Waals surface area contributed by atoms with Gasteiger partial charge in [0.2, 0.25) is 0 Å². The zero-order chi connectivity index (χ0) is 11.3. The number of carbonyl (C=O) groups excluding carboxylic acids is 1. The molecule has 0 saturated carbocycles. The lowest BCUT2D eigenvalue weighted by Gasteiger charge is -2.04. The largest absolute Gasteiger partial charge is 0.338 e. The van der Waals surface area contributed by atoms with Crippen molar-refractivity contribution in [2.75, 3.05) is 11.9 Å². The highest BCUT2D eigenvalue weighted by molar-refractivity contribution is 5.88. The normalized spacial score (nSPS) is 10.1. The quantitative estimate of drug-likeness (QED) is 0.674. The molecule has 0 unspecified atom stereocenters. The van der Waals surface area contributed by atoms with Crippen LogP contribution in [0.5, 0.6) is 0 Å². The summed E-state index contributed by atoms with van der Waals surface area (Å²) in [5, 5.41) is 9.45. The van der Waals surface area contributed by atoms with Crippen molar-refractivity contribution in [2.24, 2.45) is 12.8 Å². The van der Waals surface area contributed by atoms with Crippen LogP contribution in [-0.4, -0.2) is 22.4 Å². The van der Waals surface area contributed by atoms with Crippen LogP contribution in [0.2, 0.25) is 0 Å². The fourth-order valence-electron chi connectivity index (χ4n) is 1.18. The fourth-order valence-corrected chi connectivity index (χ4v) is 1.18. The van der Waals surface area contributed by atoms with Crippen molar-refractivity contribution in [1.82, 2.24) is 15.1 Å². The van der Waals surface area contributed by atoms with Gasteiger partial charge in [-0.1, -0.05) is 6.92 Å². The molecule has 2 amide bonds. The standard InChI is InChI=1S/C9H17N5O/c1-3-4-11-9(15)12-8-7(5-10)6-14(2)13-8/h6H,3-5,10H2,1-2H3,(H2,11,12,13,15). The minimum atomic E-state index is -0.245. The summed E-state index contributed by atoms with van der Waals surface area (Å²) in [6, 6.07) is -0.245. The molecule has 1 heterocycles. The maximum atomic E-state index is 11.3. The van der Waals surface area contributed by atoms with Crippen molar-refractivity contribution in [1.29, 1.82) is 0 Å². The molecule has 0 fully saturated rings. The summed E-state index contributed by atoms with van der Waals surface area (Å²) in [4.78, 5) is 11.3. The zero-order valence-corrected chi connectivity index (χ0v) is 9.08. The van der Waals surface area contributed by atoms with Crippen LogP contribution in [0.4, 0.5) is 10.6 Å². The van der Waals surface area contributed by atoms with Crippen molar-refractivity contribution >= 4 is 11.8 Å². The highest BCUT2D eigenvalue weighted by atomic mass is 16.2. The fraction of sp³-hybridized carbons (Fsp3) is 0.556. The lowest BCUT2D eigenvalue weighted by Crippen LogP contribution is -2.29. The Hall–Kier alpha value is -1.56. The number of rotatable bonds is 4. The second kappa shape index (κ2) is 5.35. The summed E-state index contributed by atoms with van der Waals surface area (Å²) in [5.74, 6) is 0.522. The molecule has 6 nitrogen and oxygen atoms in total. The number of aromatic nitrogens is 2. The van der Waals surface area contributed by atoms with Gasteiger partial charge in [0.1, 0.15) is 0 Å². The Morgan fingerprint density at radius 3 is 3.00 bits per heavy atom. The zero-order valence-electron chi connectivity index (χ0n) is 9.08. The maximum Gasteiger partial charge on any atom is 0.320 e. The maximum absolute atomic E-state index is 11.3. The van der Waals surface area contributed by atoms with E-state index in [2.05, 4.69) is 15.7 Å². The number of nitrogens with one attached hydrogen (secondary N) is 2. The summed E-state index contributed by atoms with van der Waals surface area (Å²) in [5.41, 5.74) is 6.34. The molecule has 0 aromatic carbocycles. The average Bonchev–Trinajstić information content (AvgIpc) is 2.55. The monoisotopic (exact) mass is 211 g/mol. The minimum absolute atomic E-state index is 0.245. The van der Waals surface area contributed by atoms with Crippen molar-refractivity contribution in [3.05, 3.63) is 11.8 Å². The predicted molar refractivity (Wildman–Crippen MR) is 58.4 cm³/mol. The van der Waals surface area contributed by atoms with Gasteiger partial charge in [0.25, 0.3) is 0 Å². The molecule has 0 radical (unpaired) electrons. The number of anilines is 1. The molecule has 84 valence electrons. The molecule has 0 bridgehead atoms. The van der Waals surface area contributed by atoms with Gasteiger partial charge in [0.05, 0.1) is 0 Å². The topological polar surface area (TPSA) is 85.0 Å². The Kier molecular flexibility index (Phi) is 4.11. The lowest BCUT2D eigenvalue weighted by atomic mass is 10.3. The molecular weight excluding hydrogens is 194 g/mol. The van der Waals surface area contributed by atoms with E-state index >= 15 is 0 Å². The molecule has 4 N–H and O–H groups in total. The van der Waals surface area contributed by atoms with Crippen LogP contribution < -0.4 is 16.4 Å². The van der Waals surface area contributed by atoms with Crippen molar-refractivity contribution in [3.63, 3.8) is 0 Å². The van der Waals surface area contributed by atoms with Gasteiger partial charge in [-0.2, -0.15) is 5.10 Å². The number of hydrogen-bond donors (Lipinski definition) is 3. The van der Waals surface area contributed by atoms with E-state index in [1.165, 1.54) is 0 Å². The molecule has 0 saturated heterocycles. The van der Waals surface area contributed by atoms with Gasteiger partial charge in [-0.15, -0.1) is 0 Å². The van der Waals surface area contributed by atoms with Crippen LogP contribution in [0.3, 0.4) is 0 Å². The smallest absolute Gasteiger partial charge is 0.320 e. The molecule has 0 aliphatic rings. The van der Waals surface area contributed by atoms with E-state index < -0.39 is 0 Å². The highest BCUT2D eigenvalue weighted by Gasteiger charge is 2.08. The predicted octanol–water partition coefficient (Wildman–Crippen LogP) is 0.410. The first-order chi connectivity index (χ1) is 7.17. The highest BCUT2D eigenvalue weighted by Crippen LogP contribution is 2.10. The number of hydrogen-bond acceptors (Lipinski definition) is 3. The van der Waals surface area contributed by atoms with Crippen molar-refractivity contribution in [2.45, 2.75) is 19.9 Å². The number of carbonyl (C=O) groups is 1. The summed E-state index contributed by atoms with van der Waals surface area (Å²) in [6.45, 7) is 3.00. The van der Waals surface area contributed by atoms with Crippen LogP contribution in [0.25, 0.3) is 0 Å². The Balaban J connectivity index is 2.59. The number of aryl methyl sites for hydroxylation is 1. The number of amides is 2. The number of nitrogens with zero attached hydrogens (tertiary/aromatic N) is 2. The number of urea groups is 1. The van der Waals surface area contributed by atoms with E-state index in [4.69, 9.17) is 5.73 Å². The Labute approximate surface area is 88.8 Å². The Bertz CT molecular complexity index is 333. The first kappa shape index (κ1) is 11.5. The SMILES string of the molecule is CCCNC(=O)Nc1nn(C)cc1CN. The molecule has 15 heavy (non-hydrogen) atoms. The van der Waals surface area contributed by atoms with Crippen LogP contribution >= 0.6 is 0 Å². The Morgan fingerprint density at radius 2 is 2.40 bits per heavy atom. The van der Waals surface area contributed by atoms with E-state index in [0.29, 0.717) is 18.9 Å². The number of nitrogens with two attached hydrogens (primary N) is 1. The molecule has 0 aliphatic carbocycles. The molecule has 0 atom stereocenters. The van der Waals surface area contributed by atoms with Crippen molar-refractivity contribution < 1.29 is 4.79 Å². The van der Waals surface area contributed by atoms with E-state index in [1.54, 1.807) is 17.9 Å². The van der Waals surface area contributed by atoms with Gasteiger partial charge < -0.3 is 11.1 Å². The third-order valence-corrected chi connectivity index (χ3v) is 1.89. The lowest BCUT2D eigenvalue weighted by molar-refractivity contribution is 0.252. The Morgan fingerprint density at radius 1 is 1.67 bits per heavy atom. The van der Waals surface area contributed by atoms with E-state index in [9.17, 15) is 4.79 Å². The van der Waals surface area contributed by atoms with E-state index in [0.717, 1.165) is 12.0 Å². The van der Waals surface area contributed by atoms with Gasteiger partial charge in [0, 0.05) is 31.9 Å². The van der Waals surface area contributed by atoms with Crippen LogP contribution in [0.15, 0.2) is 6.20 Å². The molecule has 1 aromatic heterocycles. The van der Waals surface area contributed by atoms with Gasteiger partial charge in [-0.05, 0) is 6.42 Å². The molecular formula is C9H17N5O. The van der Waals surface area contributed by atoms with E-state index in [-0.39, 0.29) is 6.03 Å². The van der Waals surface area contributed by atoms with E-state index in [1.807, 2.05) is 6.92 Å². The summed E-state index contributed by atoms with van der Waals surface area (Å²) >= 11 is 0. The van der Waals surface area contributed by atoms with Gasteiger partial charge >= 0.3 is 6.03 Å². The summed E-state index contributed by atoms with van der Waals surface area (Å²) in [6.07, 6.45) is 2.69. The molecule has 6 heteroatoms. The second-order valence-electron chi connectivity index (χ2n) is 3.26. The van der Waals surface area contributed by atoms with Crippen molar-refractivity contribution in [3.8, 4) is 0 Å². The molecule has 1 rings (SSSR count). The third-order valence-electron chi connectivity index (χ3n) is 1.89. The molecule has 0 spiro atoms. The van der Waals surface area contributed by atoms with Gasteiger partial charge in [-0.3, -0.25) is 10.00 Å².